The average molecular weight is 504 g/mol. The number of carbonyl (C=O) groups excluding carboxylic acids is 3. The van der Waals surface area contributed by atoms with Crippen molar-refractivity contribution in [2.75, 3.05) is 6.61 Å². The molecule has 1 aliphatic rings. The van der Waals surface area contributed by atoms with Crippen LogP contribution in [0.2, 0.25) is 0 Å². The highest BCUT2D eigenvalue weighted by Gasteiger charge is 2.36. The van der Waals surface area contributed by atoms with Crippen molar-refractivity contribution in [3.8, 4) is 0 Å². The lowest BCUT2D eigenvalue weighted by Gasteiger charge is -2.35. The molecule has 2 atom stereocenters. The molecular weight excluding hydrogens is 474 g/mol. The Hall–Kier alpha value is -4.37. The molecule has 0 saturated heterocycles. The minimum atomic E-state index is -1.10. The van der Waals surface area contributed by atoms with Crippen molar-refractivity contribution in [3.63, 3.8) is 0 Å². The van der Waals surface area contributed by atoms with Crippen LogP contribution in [0.15, 0.2) is 84.9 Å². The van der Waals surface area contributed by atoms with Crippen LogP contribution in [0, 0.1) is 0 Å². The van der Waals surface area contributed by atoms with Crippen molar-refractivity contribution in [3.05, 3.63) is 107 Å². The molecule has 3 aromatic rings. The molecule has 3 amide bonds. The van der Waals surface area contributed by atoms with Gasteiger partial charge in [0.15, 0.2) is 0 Å². The van der Waals surface area contributed by atoms with Gasteiger partial charge in [-0.2, -0.15) is 0 Å². The zero-order chi connectivity index (χ0) is 26.0. The Labute approximate surface area is 215 Å². The van der Waals surface area contributed by atoms with Gasteiger partial charge >= 0.3 is 12.2 Å². The van der Waals surface area contributed by atoms with E-state index in [1.807, 2.05) is 84.9 Å². The molecule has 37 heavy (non-hydrogen) atoms. The first-order valence-corrected chi connectivity index (χ1v) is 12.0. The fourth-order valence-corrected chi connectivity index (χ4v) is 4.05. The van der Waals surface area contributed by atoms with E-state index in [1.54, 1.807) is 0 Å². The van der Waals surface area contributed by atoms with Crippen molar-refractivity contribution in [2.45, 2.75) is 38.4 Å². The summed E-state index contributed by atoms with van der Waals surface area (Å²) in [4.78, 5) is 39.9. The smallest absolute Gasteiger partial charge is 0.411 e. The number of alkyl carbamates (subject to hydrolysis) is 1. The predicted molar refractivity (Wildman–Crippen MR) is 135 cm³/mol. The zero-order valence-corrected chi connectivity index (χ0v) is 20.2. The van der Waals surface area contributed by atoms with Crippen LogP contribution < -0.4 is 10.6 Å². The van der Waals surface area contributed by atoms with Crippen molar-refractivity contribution in [2.24, 2.45) is 0 Å². The number of nitrogens with zero attached hydrogens (tertiary/aromatic N) is 1. The largest absolute Gasteiger partial charge is 0.445 e. The molecule has 4 rings (SSSR count). The third-order valence-electron chi connectivity index (χ3n) is 5.99. The third-order valence-corrected chi connectivity index (χ3v) is 5.99. The quantitative estimate of drug-likeness (QED) is 0.407. The maximum atomic E-state index is 13.3. The summed E-state index contributed by atoms with van der Waals surface area (Å²) in [6.07, 6.45) is -2.26. The number of hydrogen-bond donors (Lipinski definition) is 3. The summed E-state index contributed by atoms with van der Waals surface area (Å²) in [6, 6.07) is 25.1. The van der Waals surface area contributed by atoms with Crippen LogP contribution in [0.1, 0.15) is 22.3 Å². The second-order valence-electron chi connectivity index (χ2n) is 8.61. The molecular formula is C28H29N3O6. The molecule has 0 fully saturated rings. The van der Waals surface area contributed by atoms with Crippen LogP contribution in [0.4, 0.5) is 9.59 Å². The minimum absolute atomic E-state index is 0.0409. The van der Waals surface area contributed by atoms with Gasteiger partial charge in [0.2, 0.25) is 5.91 Å². The number of carbonyl (C=O) groups is 3. The third kappa shape index (κ3) is 7.08. The molecule has 0 unspecified atom stereocenters. The first-order valence-electron chi connectivity index (χ1n) is 12.0. The SMILES string of the molecule is O=C(N[C@@H](CO)NC(=O)[C@@H]1Cc2ccccc2CN1C(=O)OCc1ccccc1)OCc1ccccc1. The second-order valence-corrected chi connectivity index (χ2v) is 8.61. The summed E-state index contributed by atoms with van der Waals surface area (Å²) >= 11 is 0. The summed E-state index contributed by atoms with van der Waals surface area (Å²) in [6.45, 7) is -0.258. The summed E-state index contributed by atoms with van der Waals surface area (Å²) in [7, 11) is 0. The number of aliphatic hydroxyl groups excluding tert-OH is 1. The van der Waals surface area contributed by atoms with E-state index in [2.05, 4.69) is 10.6 Å². The van der Waals surface area contributed by atoms with Crippen molar-refractivity contribution < 1.29 is 29.0 Å². The van der Waals surface area contributed by atoms with Crippen LogP contribution in [0.5, 0.6) is 0 Å². The van der Waals surface area contributed by atoms with Gasteiger partial charge in [0.25, 0.3) is 0 Å². The number of amides is 3. The highest BCUT2D eigenvalue weighted by molar-refractivity contribution is 5.87. The minimum Gasteiger partial charge on any atom is -0.445 e. The molecule has 3 N–H and O–H groups in total. The standard InChI is InChI=1S/C28H29N3O6/c32-17-25(30-27(34)36-18-20-9-3-1-4-10-20)29-26(33)24-15-22-13-7-8-14-23(22)16-31(24)28(35)37-19-21-11-5-2-6-12-21/h1-14,24-25,32H,15-19H2,(H,29,33)(H,30,34)/t24-,25-/m0/s1. The maximum Gasteiger partial charge on any atom is 0.411 e. The monoisotopic (exact) mass is 503 g/mol. The van der Waals surface area contributed by atoms with Gasteiger partial charge in [-0.1, -0.05) is 84.9 Å². The Kier molecular flexibility index (Phi) is 8.72. The fourth-order valence-electron chi connectivity index (χ4n) is 4.05. The van der Waals surface area contributed by atoms with E-state index in [0.29, 0.717) is 0 Å². The maximum absolute atomic E-state index is 13.3. The average Bonchev–Trinajstić information content (AvgIpc) is 2.94. The van der Waals surface area contributed by atoms with E-state index in [0.717, 1.165) is 22.3 Å². The lowest BCUT2D eigenvalue weighted by molar-refractivity contribution is -0.127. The predicted octanol–water partition coefficient (Wildman–Crippen LogP) is 3.11. The molecule has 0 radical (unpaired) electrons. The second kappa shape index (κ2) is 12.5. The first-order chi connectivity index (χ1) is 18.0. The molecule has 9 heteroatoms. The topological polar surface area (TPSA) is 117 Å². The lowest BCUT2D eigenvalue weighted by atomic mass is 9.94. The van der Waals surface area contributed by atoms with Crippen LogP contribution in [0.3, 0.4) is 0 Å². The molecule has 0 spiro atoms. The molecule has 9 nitrogen and oxygen atoms in total. The normalized spacial score (nSPS) is 15.2. The van der Waals surface area contributed by atoms with E-state index in [1.165, 1.54) is 4.90 Å². The number of hydrogen-bond acceptors (Lipinski definition) is 6. The van der Waals surface area contributed by atoms with Crippen LogP contribution in [-0.4, -0.2) is 46.9 Å². The summed E-state index contributed by atoms with van der Waals surface area (Å²) in [5.74, 6) is -0.534. The van der Waals surface area contributed by atoms with Crippen molar-refractivity contribution in [1.29, 1.82) is 0 Å². The number of benzene rings is 3. The number of aliphatic hydroxyl groups is 1. The molecule has 0 bridgehead atoms. The molecule has 0 aromatic heterocycles. The van der Waals surface area contributed by atoms with E-state index in [9.17, 15) is 19.5 Å². The summed E-state index contributed by atoms with van der Waals surface area (Å²) in [5, 5.41) is 14.8. The lowest BCUT2D eigenvalue weighted by Crippen LogP contribution is -2.58. The van der Waals surface area contributed by atoms with Gasteiger partial charge in [0.05, 0.1) is 13.2 Å². The summed E-state index contributed by atoms with van der Waals surface area (Å²) in [5.41, 5.74) is 3.48. The highest BCUT2D eigenvalue weighted by Crippen LogP contribution is 2.24. The van der Waals surface area contributed by atoms with Crippen LogP contribution in [0.25, 0.3) is 0 Å². The number of fused-ring (bicyclic) bond motifs is 1. The molecule has 1 heterocycles. The number of nitrogens with one attached hydrogen (secondary N) is 2. The highest BCUT2D eigenvalue weighted by atomic mass is 16.6. The molecule has 192 valence electrons. The Morgan fingerprint density at radius 2 is 1.38 bits per heavy atom. The molecule has 3 aromatic carbocycles. The van der Waals surface area contributed by atoms with E-state index >= 15 is 0 Å². The summed E-state index contributed by atoms with van der Waals surface area (Å²) < 4.78 is 10.7. The van der Waals surface area contributed by atoms with Gasteiger partial charge in [-0.15, -0.1) is 0 Å². The van der Waals surface area contributed by atoms with E-state index < -0.39 is 36.9 Å². The van der Waals surface area contributed by atoms with Gasteiger partial charge in [-0.05, 0) is 22.3 Å². The molecule has 1 aliphatic heterocycles. The number of rotatable bonds is 8. The van der Waals surface area contributed by atoms with Gasteiger partial charge in [0.1, 0.15) is 25.4 Å². The van der Waals surface area contributed by atoms with Crippen LogP contribution >= 0.6 is 0 Å². The van der Waals surface area contributed by atoms with E-state index in [4.69, 9.17) is 9.47 Å². The van der Waals surface area contributed by atoms with Gasteiger partial charge in [-0.3, -0.25) is 15.0 Å². The van der Waals surface area contributed by atoms with Gasteiger partial charge in [0, 0.05) is 6.42 Å². The van der Waals surface area contributed by atoms with E-state index in [-0.39, 0.29) is 26.2 Å². The molecule has 0 aliphatic carbocycles. The Bertz CT molecular complexity index is 1200. The fraction of sp³-hybridized carbons (Fsp3) is 0.250. The first kappa shape index (κ1) is 25.7. The number of ether oxygens (including phenoxy) is 2. The van der Waals surface area contributed by atoms with Crippen molar-refractivity contribution in [1.82, 2.24) is 15.5 Å². The van der Waals surface area contributed by atoms with Crippen LogP contribution in [-0.2, 0) is 40.4 Å². The van der Waals surface area contributed by atoms with Gasteiger partial charge in [-0.25, -0.2) is 9.59 Å². The van der Waals surface area contributed by atoms with Crippen molar-refractivity contribution >= 4 is 18.1 Å². The van der Waals surface area contributed by atoms with Gasteiger partial charge < -0.3 is 19.9 Å². The Balaban J connectivity index is 1.40. The zero-order valence-electron chi connectivity index (χ0n) is 20.2. The Morgan fingerprint density at radius 1 is 0.811 bits per heavy atom. The molecule has 0 saturated carbocycles. The Morgan fingerprint density at radius 3 is 2.00 bits per heavy atom.